The Hall–Kier alpha value is -1.07. The molecule has 0 fully saturated rings. The van der Waals surface area contributed by atoms with E-state index in [4.69, 9.17) is 17.0 Å². The SMILES string of the molecule is CCOC(=O)CCCSC(=S)NCc1ccc(C)cc1. The fourth-order valence-corrected chi connectivity index (χ4v) is 2.52. The molecular weight excluding hydrogens is 290 g/mol. The number of hydrogen-bond acceptors (Lipinski definition) is 4. The van der Waals surface area contributed by atoms with E-state index >= 15 is 0 Å². The second kappa shape index (κ2) is 9.77. The van der Waals surface area contributed by atoms with Crippen LogP contribution >= 0.6 is 24.0 Å². The van der Waals surface area contributed by atoms with Crippen LogP contribution in [0, 0.1) is 6.92 Å². The van der Waals surface area contributed by atoms with Crippen molar-refractivity contribution in [1.82, 2.24) is 5.32 Å². The lowest BCUT2D eigenvalue weighted by molar-refractivity contribution is -0.143. The number of hydrogen-bond donors (Lipinski definition) is 1. The molecule has 1 aromatic rings. The molecule has 1 aromatic carbocycles. The van der Waals surface area contributed by atoms with Crippen LogP contribution in [0.2, 0.25) is 0 Å². The number of carbonyl (C=O) groups is 1. The molecule has 3 nitrogen and oxygen atoms in total. The molecule has 0 heterocycles. The molecule has 1 rings (SSSR count). The monoisotopic (exact) mass is 311 g/mol. The van der Waals surface area contributed by atoms with Crippen molar-refractivity contribution in [3.63, 3.8) is 0 Å². The first-order valence-corrected chi connectivity index (χ1v) is 8.13. The minimum atomic E-state index is -0.133. The third-order valence-electron chi connectivity index (χ3n) is 2.62. The standard InChI is InChI=1S/C15H21NO2S2/c1-3-18-14(17)5-4-10-20-15(19)16-11-13-8-6-12(2)7-9-13/h6-9H,3-5,10-11H2,1-2H3,(H,16,19). The Bertz CT molecular complexity index is 432. The van der Waals surface area contributed by atoms with Crippen LogP contribution in [0.3, 0.4) is 0 Å². The van der Waals surface area contributed by atoms with E-state index in [9.17, 15) is 4.79 Å². The molecule has 0 amide bonds. The van der Waals surface area contributed by atoms with Gasteiger partial charge in [0, 0.05) is 18.7 Å². The number of nitrogens with one attached hydrogen (secondary N) is 1. The van der Waals surface area contributed by atoms with Gasteiger partial charge in [-0.3, -0.25) is 4.79 Å². The van der Waals surface area contributed by atoms with Crippen molar-refractivity contribution in [2.24, 2.45) is 0 Å². The van der Waals surface area contributed by atoms with Crippen LogP contribution in [-0.4, -0.2) is 22.6 Å². The summed E-state index contributed by atoms with van der Waals surface area (Å²) in [7, 11) is 0. The van der Waals surface area contributed by atoms with Crippen molar-refractivity contribution in [3.05, 3.63) is 35.4 Å². The van der Waals surface area contributed by atoms with E-state index in [2.05, 4.69) is 36.5 Å². The zero-order valence-electron chi connectivity index (χ0n) is 12.0. The minimum Gasteiger partial charge on any atom is -0.466 e. The molecule has 0 radical (unpaired) electrons. The quantitative estimate of drug-likeness (QED) is 0.474. The minimum absolute atomic E-state index is 0.133. The number of aryl methyl sites for hydroxylation is 1. The van der Waals surface area contributed by atoms with Crippen LogP contribution in [0.15, 0.2) is 24.3 Å². The first-order chi connectivity index (χ1) is 9.61. The number of thiocarbonyl (C=S) groups is 1. The lowest BCUT2D eigenvalue weighted by Crippen LogP contribution is -2.18. The van der Waals surface area contributed by atoms with Gasteiger partial charge in [-0.15, -0.1) is 0 Å². The Morgan fingerprint density at radius 1 is 1.35 bits per heavy atom. The highest BCUT2D eigenvalue weighted by molar-refractivity contribution is 8.22. The Labute approximate surface area is 130 Å². The van der Waals surface area contributed by atoms with Crippen LogP contribution in [0.5, 0.6) is 0 Å². The number of ether oxygens (including phenoxy) is 1. The molecule has 1 N–H and O–H groups in total. The van der Waals surface area contributed by atoms with Crippen molar-refractivity contribution in [2.75, 3.05) is 12.4 Å². The first-order valence-electron chi connectivity index (χ1n) is 6.73. The molecule has 0 unspecified atom stereocenters. The Morgan fingerprint density at radius 3 is 2.70 bits per heavy atom. The molecule has 20 heavy (non-hydrogen) atoms. The number of carbonyl (C=O) groups excluding carboxylic acids is 1. The topological polar surface area (TPSA) is 38.3 Å². The number of benzene rings is 1. The highest BCUT2D eigenvalue weighted by atomic mass is 32.2. The summed E-state index contributed by atoms with van der Waals surface area (Å²) < 4.78 is 5.64. The summed E-state index contributed by atoms with van der Waals surface area (Å²) >= 11 is 6.82. The molecule has 0 bridgehead atoms. The van der Waals surface area contributed by atoms with Crippen LogP contribution in [-0.2, 0) is 16.1 Å². The van der Waals surface area contributed by atoms with Gasteiger partial charge in [0.25, 0.3) is 0 Å². The van der Waals surface area contributed by atoms with Gasteiger partial charge in [0.2, 0.25) is 0 Å². The molecule has 0 atom stereocenters. The van der Waals surface area contributed by atoms with Gasteiger partial charge in [0.15, 0.2) is 0 Å². The van der Waals surface area contributed by atoms with Crippen molar-refractivity contribution in [3.8, 4) is 0 Å². The molecule has 110 valence electrons. The summed E-state index contributed by atoms with van der Waals surface area (Å²) in [5, 5.41) is 3.21. The summed E-state index contributed by atoms with van der Waals surface area (Å²) in [5.41, 5.74) is 2.47. The maximum Gasteiger partial charge on any atom is 0.305 e. The van der Waals surface area contributed by atoms with E-state index in [0.29, 0.717) is 13.0 Å². The van der Waals surface area contributed by atoms with Gasteiger partial charge < -0.3 is 10.1 Å². The van der Waals surface area contributed by atoms with Gasteiger partial charge in [-0.1, -0.05) is 53.8 Å². The number of rotatable bonds is 7. The highest BCUT2D eigenvalue weighted by Crippen LogP contribution is 2.08. The summed E-state index contributed by atoms with van der Waals surface area (Å²) in [5.74, 6) is 0.699. The molecule has 5 heteroatoms. The largest absolute Gasteiger partial charge is 0.466 e. The normalized spacial score (nSPS) is 10.1. The summed E-state index contributed by atoms with van der Waals surface area (Å²) in [6.45, 7) is 5.07. The highest BCUT2D eigenvalue weighted by Gasteiger charge is 2.03. The second-order valence-electron chi connectivity index (χ2n) is 4.38. The van der Waals surface area contributed by atoms with E-state index in [1.54, 1.807) is 11.8 Å². The van der Waals surface area contributed by atoms with E-state index in [-0.39, 0.29) is 5.97 Å². The molecular formula is C15H21NO2S2. The fraction of sp³-hybridized carbons (Fsp3) is 0.467. The van der Waals surface area contributed by atoms with Gasteiger partial charge in [-0.25, -0.2) is 0 Å². The smallest absolute Gasteiger partial charge is 0.305 e. The molecule has 0 aromatic heterocycles. The number of thioether (sulfide) groups is 1. The van der Waals surface area contributed by atoms with Crippen LogP contribution in [0.4, 0.5) is 0 Å². The van der Waals surface area contributed by atoms with E-state index < -0.39 is 0 Å². The van der Waals surface area contributed by atoms with Gasteiger partial charge >= 0.3 is 5.97 Å². The molecule has 0 saturated heterocycles. The summed E-state index contributed by atoms with van der Waals surface area (Å²) in [6.07, 6.45) is 1.25. The Balaban J connectivity index is 2.11. The fourth-order valence-electron chi connectivity index (χ4n) is 1.55. The summed E-state index contributed by atoms with van der Waals surface area (Å²) in [4.78, 5) is 11.1. The van der Waals surface area contributed by atoms with E-state index in [0.717, 1.165) is 23.0 Å². The Kier molecular flexibility index (Phi) is 8.30. The maximum atomic E-state index is 11.1. The average molecular weight is 311 g/mol. The molecule has 0 aliphatic heterocycles. The van der Waals surface area contributed by atoms with Gasteiger partial charge in [-0.2, -0.15) is 0 Å². The van der Waals surface area contributed by atoms with Crippen molar-refractivity contribution in [2.45, 2.75) is 33.2 Å². The summed E-state index contributed by atoms with van der Waals surface area (Å²) in [6, 6.07) is 8.37. The molecule has 0 aliphatic rings. The third kappa shape index (κ3) is 7.50. The predicted molar refractivity (Wildman–Crippen MR) is 88.9 cm³/mol. The molecule has 0 saturated carbocycles. The van der Waals surface area contributed by atoms with E-state index in [1.165, 1.54) is 11.1 Å². The zero-order chi connectivity index (χ0) is 14.8. The number of esters is 1. The van der Waals surface area contributed by atoms with Crippen molar-refractivity contribution < 1.29 is 9.53 Å². The van der Waals surface area contributed by atoms with Crippen molar-refractivity contribution >= 4 is 34.3 Å². The van der Waals surface area contributed by atoms with Crippen LogP contribution < -0.4 is 5.32 Å². The maximum absolute atomic E-state index is 11.1. The molecule has 0 spiro atoms. The van der Waals surface area contributed by atoms with Gasteiger partial charge in [0.05, 0.1) is 6.61 Å². The van der Waals surface area contributed by atoms with E-state index in [1.807, 2.05) is 6.92 Å². The predicted octanol–water partition coefficient (Wildman–Crippen LogP) is 3.45. The van der Waals surface area contributed by atoms with Crippen molar-refractivity contribution in [1.29, 1.82) is 0 Å². The van der Waals surface area contributed by atoms with Crippen LogP contribution in [0.1, 0.15) is 30.9 Å². The van der Waals surface area contributed by atoms with Gasteiger partial charge in [-0.05, 0) is 25.8 Å². The average Bonchev–Trinajstić information content (AvgIpc) is 2.43. The first kappa shape index (κ1) is 17.0. The van der Waals surface area contributed by atoms with Crippen LogP contribution in [0.25, 0.3) is 0 Å². The Morgan fingerprint density at radius 2 is 2.05 bits per heavy atom. The zero-order valence-corrected chi connectivity index (χ0v) is 13.6. The lowest BCUT2D eigenvalue weighted by Gasteiger charge is -2.07. The lowest BCUT2D eigenvalue weighted by atomic mass is 10.1. The third-order valence-corrected chi connectivity index (χ3v) is 4.02. The molecule has 0 aliphatic carbocycles. The van der Waals surface area contributed by atoms with Gasteiger partial charge in [0.1, 0.15) is 4.32 Å². The second-order valence-corrected chi connectivity index (χ2v) is 6.16.